The van der Waals surface area contributed by atoms with Crippen molar-refractivity contribution in [2.24, 2.45) is 0 Å². The first-order valence-corrected chi connectivity index (χ1v) is 6.68. The summed E-state index contributed by atoms with van der Waals surface area (Å²) in [4.78, 5) is 8.44. The number of hydrogen-bond acceptors (Lipinski definition) is 5. The van der Waals surface area contributed by atoms with Crippen LogP contribution in [-0.2, 0) is 0 Å². The number of fused-ring (bicyclic) bond motifs is 1. The number of aromatic nitrogens is 2. The first-order chi connectivity index (χ1) is 10.7. The van der Waals surface area contributed by atoms with Crippen molar-refractivity contribution in [3.63, 3.8) is 0 Å². The van der Waals surface area contributed by atoms with E-state index in [4.69, 9.17) is 14.7 Å². The van der Waals surface area contributed by atoms with Crippen LogP contribution in [-0.4, -0.2) is 17.1 Å². The van der Waals surface area contributed by atoms with Gasteiger partial charge in [0.25, 0.3) is 0 Å². The Morgan fingerprint density at radius 1 is 1.05 bits per heavy atom. The summed E-state index contributed by atoms with van der Waals surface area (Å²) >= 11 is 0. The monoisotopic (exact) mass is 291 g/mol. The number of nitrogens with zero attached hydrogens (tertiary/aromatic N) is 3. The van der Waals surface area contributed by atoms with Crippen molar-refractivity contribution in [2.45, 2.75) is 6.92 Å². The Balaban J connectivity index is 2.07. The largest absolute Gasteiger partial charge is 0.493 e. The minimum atomic E-state index is 0.455. The Hall–Kier alpha value is -3.13. The normalized spacial score (nSPS) is 10.2. The van der Waals surface area contributed by atoms with Gasteiger partial charge in [0.05, 0.1) is 29.6 Å². The van der Waals surface area contributed by atoms with E-state index in [0.29, 0.717) is 22.9 Å². The van der Waals surface area contributed by atoms with Gasteiger partial charge < -0.3 is 9.47 Å². The number of nitriles is 1. The highest BCUT2D eigenvalue weighted by atomic mass is 16.5. The third-order valence-electron chi connectivity index (χ3n) is 3.25. The molecule has 0 aliphatic carbocycles. The summed E-state index contributed by atoms with van der Waals surface area (Å²) in [6.45, 7) is 2.00. The Labute approximate surface area is 127 Å². The molecule has 0 saturated carbocycles. The van der Waals surface area contributed by atoms with Crippen molar-refractivity contribution in [2.75, 3.05) is 7.11 Å². The van der Waals surface area contributed by atoms with Gasteiger partial charge in [-0.25, -0.2) is 9.97 Å². The molecule has 0 amide bonds. The molecule has 2 aromatic carbocycles. The number of rotatable bonds is 3. The fourth-order valence-electron chi connectivity index (χ4n) is 2.15. The Morgan fingerprint density at radius 2 is 1.91 bits per heavy atom. The molecule has 0 fully saturated rings. The molecule has 0 bridgehead atoms. The van der Waals surface area contributed by atoms with Crippen LogP contribution in [0.1, 0.15) is 11.1 Å². The molecule has 108 valence electrons. The third kappa shape index (κ3) is 2.54. The SMILES string of the molecule is COc1cc(C#N)ccc1Oc1ncnc2ccc(C)cc12. The lowest BCUT2D eigenvalue weighted by Crippen LogP contribution is -1.95. The van der Waals surface area contributed by atoms with Gasteiger partial charge in [0.2, 0.25) is 5.88 Å². The van der Waals surface area contributed by atoms with Crippen molar-refractivity contribution >= 4 is 10.9 Å². The molecule has 5 heteroatoms. The van der Waals surface area contributed by atoms with Crippen molar-refractivity contribution in [3.8, 4) is 23.4 Å². The molecule has 0 radical (unpaired) electrons. The van der Waals surface area contributed by atoms with Crippen LogP contribution in [0.2, 0.25) is 0 Å². The maximum Gasteiger partial charge on any atom is 0.230 e. The second-order valence-corrected chi connectivity index (χ2v) is 4.78. The molecule has 3 aromatic rings. The molecule has 0 aliphatic heterocycles. The standard InChI is InChI=1S/C17H13N3O2/c1-11-3-5-14-13(7-11)17(20-10-19-14)22-15-6-4-12(9-18)8-16(15)21-2/h3-8,10H,1-2H3. The number of benzene rings is 2. The van der Waals surface area contributed by atoms with Gasteiger partial charge >= 0.3 is 0 Å². The molecule has 5 nitrogen and oxygen atoms in total. The highest BCUT2D eigenvalue weighted by molar-refractivity contribution is 5.84. The summed E-state index contributed by atoms with van der Waals surface area (Å²) in [5.74, 6) is 1.44. The first kappa shape index (κ1) is 13.8. The van der Waals surface area contributed by atoms with Crippen LogP contribution in [0.25, 0.3) is 10.9 Å². The van der Waals surface area contributed by atoms with Gasteiger partial charge in [-0.1, -0.05) is 11.6 Å². The van der Waals surface area contributed by atoms with E-state index in [0.717, 1.165) is 16.5 Å². The average molecular weight is 291 g/mol. The maximum atomic E-state index is 8.94. The van der Waals surface area contributed by atoms with Crippen molar-refractivity contribution < 1.29 is 9.47 Å². The second kappa shape index (κ2) is 5.70. The lowest BCUT2D eigenvalue weighted by atomic mass is 10.1. The highest BCUT2D eigenvalue weighted by Gasteiger charge is 2.11. The van der Waals surface area contributed by atoms with Gasteiger partial charge in [-0.2, -0.15) is 5.26 Å². The van der Waals surface area contributed by atoms with Crippen LogP contribution in [0, 0.1) is 18.3 Å². The van der Waals surface area contributed by atoms with E-state index >= 15 is 0 Å². The molecule has 0 N–H and O–H groups in total. The zero-order chi connectivity index (χ0) is 15.5. The second-order valence-electron chi connectivity index (χ2n) is 4.78. The summed E-state index contributed by atoms with van der Waals surface area (Å²) in [7, 11) is 1.53. The number of ether oxygens (including phenoxy) is 2. The minimum Gasteiger partial charge on any atom is -0.493 e. The lowest BCUT2D eigenvalue weighted by Gasteiger charge is -2.11. The molecule has 0 spiro atoms. The first-order valence-electron chi connectivity index (χ1n) is 6.68. The maximum absolute atomic E-state index is 8.94. The minimum absolute atomic E-state index is 0.455. The molecule has 0 unspecified atom stereocenters. The summed E-state index contributed by atoms with van der Waals surface area (Å²) in [5, 5.41) is 9.77. The van der Waals surface area contributed by atoms with E-state index in [1.807, 2.05) is 25.1 Å². The van der Waals surface area contributed by atoms with Crippen molar-refractivity contribution in [1.29, 1.82) is 5.26 Å². The summed E-state index contributed by atoms with van der Waals surface area (Å²) < 4.78 is 11.2. The summed E-state index contributed by atoms with van der Waals surface area (Å²) in [6, 6.07) is 13.0. The molecule has 0 atom stereocenters. The van der Waals surface area contributed by atoms with Gasteiger partial charge in [-0.05, 0) is 31.2 Å². The molecule has 22 heavy (non-hydrogen) atoms. The zero-order valence-electron chi connectivity index (χ0n) is 12.2. The van der Waals surface area contributed by atoms with Gasteiger partial charge in [0, 0.05) is 6.07 Å². The van der Waals surface area contributed by atoms with Gasteiger partial charge in [0.15, 0.2) is 11.5 Å². The predicted molar refractivity (Wildman–Crippen MR) is 82.1 cm³/mol. The van der Waals surface area contributed by atoms with E-state index in [9.17, 15) is 0 Å². The van der Waals surface area contributed by atoms with E-state index < -0.39 is 0 Å². The highest BCUT2D eigenvalue weighted by Crippen LogP contribution is 2.34. The van der Waals surface area contributed by atoms with E-state index in [-0.39, 0.29) is 0 Å². The van der Waals surface area contributed by atoms with Crippen LogP contribution in [0.5, 0.6) is 17.4 Å². The van der Waals surface area contributed by atoms with Gasteiger partial charge in [-0.3, -0.25) is 0 Å². The molecular formula is C17H13N3O2. The Bertz CT molecular complexity index is 885. The smallest absolute Gasteiger partial charge is 0.230 e. The molecule has 0 aliphatic rings. The molecule has 1 aromatic heterocycles. The number of aryl methyl sites for hydroxylation is 1. The number of methoxy groups -OCH3 is 1. The summed E-state index contributed by atoms with van der Waals surface area (Å²) in [5.41, 5.74) is 2.41. The Morgan fingerprint density at radius 3 is 2.68 bits per heavy atom. The fraction of sp³-hybridized carbons (Fsp3) is 0.118. The average Bonchev–Trinajstić information content (AvgIpc) is 2.55. The quantitative estimate of drug-likeness (QED) is 0.737. The fourth-order valence-corrected chi connectivity index (χ4v) is 2.15. The topological polar surface area (TPSA) is 68.0 Å². The van der Waals surface area contributed by atoms with Gasteiger partial charge in [0.1, 0.15) is 6.33 Å². The predicted octanol–water partition coefficient (Wildman–Crippen LogP) is 3.61. The van der Waals surface area contributed by atoms with Crippen LogP contribution >= 0.6 is 0 Å². The van der Waals surface area contributed by atoms with Crippen molar-refractivity contribution in [3.05, 3.63) is 53.9 Å². The third-order valence-corrected chi connectivity index (χ3v) is 3.25. The lowest BCUT2D eigenvalue weighted by molar-refractivity contribution is 0.375. The Kier molecular flexibility index (Phi) is 3.58. The zero-order valence-corrected chi connectivity index (χ0v) is 12.2. The molecule has 0 saturated heterocycles. The van der Waals surface area contributed by atoms with E-state index in [1.54, 1.807) is 18.2 Å². The van der Waals surface area contributed by atoms with Crippen LogP contribution in [0.4, 0.5) is 0 Å². The van der Waals surface area contributed by atoms with E-state index in [1.165, 1.54) is 13.4 Å². The summed E-state index contributed by atoms with van der Waals surface area (Å²) in [6.07, 6.45) is 1.46. The van der Waals surface area contributed by atoms with E-state index in [2.05, 4.69) is 16.0 Å². The molecule has 3 rings (SSSR count). The van der Waals surface area contributed by atoms with Crippen molar-refractivity contribution in [1.82, 2.24) is 9.97 Å². The number of hydrogen-bond donors (Lipinski definition) is 0. The van der Waals surface area contributed by atoms with Gasteiger partial charge in [-0.15, -0.1) is 0 Å². The van der Waals surface area contributed by atoms with Crippen LogP contribution < -0.4 is 9.47 Å². The van der Waals surface area contributed by atoms with Crippen LogP contribution in [0.3, 0.4) is 0 Å². The van der Waals surface area contributed by atoms with Crippen LogP contribution in [0.15, 0.2) is 42.7 Å². The molecular weight excluding hydrogens is 278 g/mol. The molecule has 1 heterocycles.